The molecule has 380 valence electrons. The lowest BCUT2D eigenvalue weighted by atomic mass is 9.67. The summed E-state index contributed by atoms with van der Waals surface area (Å²) in [7, 11) is 0. The van der Waals surface area contributed by atoms with Crippen LogP contribution in [0.4, 0.5) is 17.1 Å². The van der Waals surface area contributed by atoms with E-state index in [-0.39, 0.29) is 16.2 Å². The van der Waals surface area contributed by atoms with Crippen molar-refractivity contribution in [2.24, 2.45) is 0 Å². The molecular weight excluding hydrogens is 971 g/mol. The molecule has 0 saturated carbocycles. The summed E-state index contributed by atoms with van der Waals surface area (Å²) < 4.78 is 14.2. The molecule has 0 spiro atoms. The lowest BCUT2D eigenvalue weighted by molar-refractivity contribution is 0.600. The van der Waals surface area contributed by atoms with Crippen molar-refractivity contribution in [1.82, 2.24) is 0 Å². The third-order valence-corrected chi connectivity index (χ3v) is 20.1. The average Bonchev–Trinajstić information content (AvgIpc) is 4.47. The topological polar surface area (TPSA) is 29.5 Å². The molecule has 18 rings (SSSR count). The first-order chi connectivity index (χ1) is 38.8. The summed E-state index contributed by atoms with van der Waals surface area (Å²) in [5, 5.41) is 4.74. The van der Waals surface area contributed by atoms with E-state index in [1.54, 1.807) is 0 Å². The molecule has 3 heteroatoms. The standard InChI is InChI=1S/C77H55NO2/c1-74(2)55-28-15-11-24-48(55)66-69(74)68-62(64-52-26-13-17-30-60(52)79-72(64)66)50-35-33-46(40-57(50)76(68,5)6)78-47-34-36-51-58(41-47)77(7,45-23-19-22-44(38-45)54-39-43(32-37-59(54)78)42-20-9-8-10-21-42)71-63(51)65-53-27-14-18-31-61(53)80-73(65)67-49-25-12-16-29-56(49)75(3,4)70(67)71/h8-41H,1-7H3. The number of hydrogen-bond acceptors (Lipinski definition) is 3. The van der Waals surface area contributed by atoms with Gasteiger partial charge in [-0.1, -0.05) is 193 Å². The molecule has 1 atom stereocenters. The number of furan rings is 2. The molecule has 80 heavy (non-hydrogen) atoms. The molecule has 0 radical (unpaired) electrons. The van der Waals surface area contributed by atoms with Crippen molar-refractivity contribution in [3.63, 3.8) is 0 Å². The molecule has 1 aliphatic heterocycles. The minimum atomic E-state index is -0.558. The zero-order chi connectivity index (χ0) is 53.5. The number of rotatable bonds is 2. The second-order valence-electron chi connectivity index (χ2n) is 25.2. The second-order valence-corrected chi connectivity index (χ2v) is 25.2. The van der Waals surface area contributed by atoms with Gasteiger partial charge in [0.25, 0.3) is 0 Å². The van der Waals surface area contributed by atoms with Crippen LogP contribution in [0, 0.1) is 0 Å². The first kappa shape index (κ1) is 44.8. The van der Waals surface area contributed by atoms with Crippen LogP contribution in [0.3, 0.4) is 0 Å². The predicted molar refractivity (Wildman–Crippen MR) is 330 cm³/mol. The van der Waals surface area contributed by atoms with Gasteiger partial charge in [0.15, 0.2) is 0 Å². The van der Waals surface area contributed by atoms with E-state index >= 15 is 0 Å². The van der Waals surface area contributed by atoms with Crippen LogP contribution in [0.5, 0.6) is 0 Å². The molecule has 2 aromatic heterocycles. The van der Waals surface area contributed by atoms with Gasteiger partial charge in [-0.3, -0.25) is 0 Å². The average molecular weight is 1030 g/mol. The Morgan fingerprint density at radius 2 is 0.812 bits per heavy atom. The molecule has 4 aliphatic carbocycles. The Morgan fingerprint density at radius 1 is 0.325 bits per heavy atom. The van der Waals surface area contributed by atoms with Gasteiger partial charge in [-0.2, -0.15) is 0 Å². The molecule has 3 nitrogen and oxygen atoms in total. The smallest absolute Gasteiger partial charge is 0.144 e. The van der Waals surface area contributed by atoms with Crippen LogP contribution in [0.25, 0.3) is 111 Å². The molecule has 0 amide bonds. The quantitative estimate of drug-likeness (QED) is 0.173. The molecule has 13 aromatic rings. The van der Waals surface area contributed by atoms with Crippen LogP contribution in [-0.2, 0) is 21.7 Å². The highest BCUT2D eigenvalue weighted by molar-refractivity contribution is 6.23. The van der Waals surface area contributed by atoms with E-state index in [1.165, 1.54) is 133 Å². The fourth-order valence-corrected chi connectivity index (χ4v) is 16.6. The van der Waals surface area contributed by atoms with Crippen LogP contribution < -0.4 is 4.90 Å². The maximum atomic E-state index is 7.15. The van der Waals surface area contributed by atoms with Crippen LogP contribution in [-0.4, -0.2) is 0 Å². The van der Waals surface area contributed by atoms with Crippen molar-refractivity contribution < 1.29 is 8.83 Å². The molecule has 4 bridgehead atoms. The Labute approximate surface area is 465 Å². The molecule has 1 unspecified atom stereocenters. The van der Waals surface area contributed by atoms with E-state index < -0.39 is 5.41 Å². The van der Waals surface area contributed by atoms with Crippen LogP contribution in [0.15, 0.2) is 215 Å². The van der Waals surface area contributed by atoms with Gasteiger partial charge < -0.3 is 13.7 Å². The van der Waals surface area contributed by atoms with E-state index in [0.717, 1.165) is 44.8 Å². The fourth-order valence-electron chi connectivity index (χ4n) is 16.6. The number of anilines is 3. The molecular formula is C77H55NO2. The molecule has 11 aromatic carbocycles. The Morgan fingerprint density at radius 3 is 1.45 bits per heavy atom. The van der Waals surface area contributed by atoms with Gasteiger partial charge in [0, 0.05) is 71.3 Å². The first-order valence-corrected chi connectivity index (χ1v) is 28.5. The van der Waals surface area contributed by atoms with Crippen LogP contribution >= 0.6 is 0 Å². The fraction of sp³-hybridized carbons (Fsp3) is 0.143. The van der Waals surface area contributed by atoms with Crippen LogP contribution in [0.2, 0.25) is 0 Å². The summed E-state index contributed by atoms with van der Waals surface area (Å²) in [4.78, 5) is 2.57. The summed E-state index contributed by atoms with van der Waals surface area (Å²) in [5.74, 6) is 0. The van der Waals surface area contributed by atoms with E-state index in [4.69, 9.17) is 8.83 Å². The maximum Gasteiger partial charge on any atom is 0.144 e. The molecule has 5 aliphatic rings. The first-order valence-electron chi connectivity index (χ1n) is 28.5. The summed E-state index contributed by atoms with van der Waals surface area (Å²) in [5.41, 5.74) is 32.8. The van der Waals surface area contributed by atoms with Gasteiger partial charge in [0.1, 0.15) is 22.3 Å². The molecule has 0 saturated heterocycles. The highest BCUT2D eigenvalue weighted by Gasteiger charge is 2.52. The van der Waals surface area contributed by atoms with Gasteiger partial charge >= 0.3 is 0 Å². The van der Waals surface area contributed by atoms with Gasteiger partial charge in [0.05, 0.1) is 5.69 Å². The van der Waals surface area contributed by atoms with Crippen LogP contribution in [0.1, 0.15) is 98.5 Å². The lowest BCUT2D eigenvalue weighted by Gasteiger charge is -2.36. The molecule has 3 heterocycles. The van der Waals surface area contributed by atoms with Crippen molar-refractivity contribution in [3.8, 4) is 66.8 Å². The van der Waals surface area contributed by atoms with Crippen molar-refractivity contribution in [3.05, 3.63) is 256 Å². The minimum absolute atomic E-state index is 0.254. The summed E-state index contributed by atoms with van der Waals surface area (Å²) in [6.45, 7) is 17.2. The largest absolute Gasteiger partial charge is 0.455 e. The number of nitrogens with zero attached hydrogens (tertiary/aromatic N) is 1. The van der Waals surface area contributed by atoms with E-state index in [9.17, 15) is 0 Å². The number of hydrogen-bond donors (Lipinski definition) is 0. The number of para-hydroxylation sites is 2. The predicted octanol–water partition coefficient (Wildman–Crippen LogP) is 20.9. The SMILES string of the molecule is CC1(C)c2ccccc2-c2c1c1c(c3c2oc2ccccc23)-c2ccc(N3c4ccc5c(c4)C(C)(c4cccc(c4)-c4cc(-c6ccccc6)ccc43)c3c4c(c6oc7ccccc7c6c3-5)-c3ccccc3C4(C)C)cc2C1(C)C. The zero-order valence-corrected chi connectivity index (χ0v) is 45.9. The van der Waals surface area contributed by atoms with Gasteiger partial charge in [-0.15, -0.1) is 0 Å². The normalized spacial score (nSPS) is 17.5. The van der Waals surface area contributed by atoms with Gasteiger partial charge in [-0.05, 0) is 162 Å². The zero-order valence-electron chi connectivity index (χ0n) is 45.9. The number of benzene rings is 11. The van der Waals surface area contributed by atoms with E-state index in [0.29, 0.717) is 0 Å². The van der Waals surface area contributed by atoms with E-state index in [2.05, 4.69) is 260 Å². The van der Waals surface area contributed by atoms with Gasteiger partial charge in [-0.25, -0.2) is 0 Å². The Balaban J connectivity index is 0.937. The third-order valence-electron chi connectivity index (χ3n) is 20.1. The lowest BCUT2D eigenvalue weighted by Crippen LogP contribution is -2.28. The van der Waals surface area contributed by atoms with Crippen molar-refractivity contribution >= 4 is 60.9 Å². The van der Waals surface area contributed by atoms with Crippen molar-refractivity contribution in [1.29, 1.82) is 0 Å². The third kappa shape index (κ3) is 5.24. The highest BCUT2D eigenvalue weighted by Crippen LogP contribution is 2.67. The number of fused-ring (bicyclic) bond motifs is 30. The minimum Gasteiger partial charge on any atom is -0.455 e. The summed E-state index contributed by atoms with van der Waals surface area (Å²) >= 11 is 0. The Kier molecular flexibility index (Phi) is 8.24. The Bertz CT molecular complexity index is 5000. The van der Waals surface area contributed by atoms with Crippen molar-refractivity contribution in [2.75, 3.05) is 4.90 Å². The summed E-state index contributed by atoms with van der Waals surface area (Å²) in [6.07, 6.45) is 0. The Hall–Kier alpha value is -9.18. The highest BCUT2D eigenvalue weighted by atomic mass is 16.3. The monoisotopic (exact) mass is 1030 g/mol. The second kappa shape index (κ2) is 14.7. The molecule has 0 fully saturated rings. The van der Waals surface area contributed by atoms with Gasteiger partial charge in [0.2, 0.25) is 0 Å². The molecule has 0 N–H and O–H groups in total. The van der Waals surface area contributed by atoms with E-state index in [1.807, 2.05) is 0 Å². The maximum absolute atomic E-state index is 7.15. The summed E-state index contributed by atoms with van der Waals surface area (Å²) in [6, 6.07) is 77.8. The van der Waals surface area contributed by atoms with Crippen molar-refractivity contribution in [2.45, 2.75) is 70.1 Å².